The van der Waals surface area contributed by atoms with Gasteiger partial charge in [0.1, 0.15) is 12.4 Å². The molecule has 2 N–H and O–H groups in total. The van der Waals surface area contributed by atoms with Gasteiger partial charge in [0.05, 0.1) is 8.95 Å². The average Bonchev–Trinajstić information content (AvgIpc) is 2.43. The first-order valence-electron chi connectivity index (χ1n) is 7.24. The first-order chi connectivity index (χ1) is 9.70. The highest BCUT2D eigenvalue weighted by atomic mass is 79.9. The van der Waals surface area contributed by atoms with Gasteiger partial charge in [-0.25, -0.2) is 0 Å². The van der Waals surface area contributed by atoms with Crippen molar-refractivity contribution < 1.29 is 4.74 Å². The number of likely N-dealkylation sites (tertiary alicyclic amines) is 1. The van der Waals surface area contributed by atoms with Crippen molar-refractivity contribution in [3.8, 4) is 5.75 Å². The largest absolute Gasteiger partial charge is 0.490 e. The second-order valence-electron chi connectivity index (χ2n) is 5.18. The molecule has 0 atom stereocenters. The van der Waals surface area contributed by atoms with Crippen molar-refractivity contribution in [1.82, 2.24) is 4.90 Å². The van der Waals surface area contributed by atoms with Gasteiger partial charge >= 0.3 is 0 Å². The van der Waals surface area contributed by atoms with Crippen molar-refractivity contribution in [3.05, 3.63) is 26.6 Å². The molecule has 0 amide bonds. The number of hydrogen-bond donors (Lipinski definition) is 1. The molecule has 1 fully saturated rings. The molecule has 5 heteroatoms. The molecular weight excluding hydrogens is 384 g/mol. The van der Waals surface area contributed by atoms with Gasteiger partial charge in [-0.2, -0.15) is 0 Å². The second kappa shape index (κ2) is 8.37. The van der Waals surface area contributed by atoms with Crippen LogP contribution in [-0.2, 0) is 6.42 Å². The third-order valence-electron chi connectivity index (χ3n) is 3.59. The van der Waals surface area contributed by atoms with Crippen molar-refractivity contribution in [2.45, 2.75) is 25.7 Å². The van der Waals surface area contributed by atoms with Crippen LogP contribution in [0.25, 0.3) is 0 Å². The number of halogens is 2. The molecule has 20 heavy (non-hydrogen) atoms. The van der Waals surface area contributed by atoms with Crippen molar-refractivity contribution in [3.63, 3.8) is 0 Å². The first-order valence-corrected chi connectivity index (χ1v) is 8.82. The van der Waals surface area contributed by atoms with Gasteiger partial charge in [0, 0.05) is 6.54 Å². The SMILES string of the molecule is NCCc1cc(Br)c(OCCN2CCCCC2)c(Br)c1. The molecule has 1 aliphatic heterocycles. The van der Waals surface area contributed by atoms with Crippen LogP contribution in [0, 0.1) is 0 Å². The second-order valence-corrected chi connectivity index (χ2v) is 6.89. The van der Waals surface area contributed by atoms with Gasteiger partial charge in [-0.1, -0.05) is 6.42 Å². The fraction of sp³-hybridized carbons (Fsp3) is 0.600. The molecular formula is C15H22Br2N2O. The van der Waals surface area contributed by atoms with Crippen molar-refractivity contribution in [2.24, 2.45) is 5.73 Å². The predicted molar refractivity (Wildman–Crippen MR) is 90.4 cm³/mol. The summed E-state index contributed by atoms with van der Waals surface area (Å²) in [6.45, 7) is 4.81. The normalized spacial score (nSPS) is 16.4. The lowest BCUT2D eigenvalue weighted by molar-refractivity contribution is 0.182. The summed E-state index contributed by atoms with van der Waals surface area (Å²) in [6, 6.07) is 4.18. The summed E-state index contributed by atoms with van der Waals surface area (Å²) < 4.78 is 7.93. The van der Waals surface area contributed by atoms with Crippen molar-refractivity contribution >= 4 is 31.9 Å². The molecule has 0 saturated carbocycles. The van der Waals surface area contributed by atoms with Crippen LogP contribution < -0.4 is 10.5 Å². The summed E-state index contributed by atoms with van der Waals surface area (Å²) in [6.07, 6.45) is 4.89. The topological polar surface area (TPSA) is 38.5 Å². The number of rotatable bonds is 6. The highest BCUT2D eigenvalue weighted by Gasteiger charge is 2.12. The molecule has 1 aromatic rings. The zero-order valence-corrected chi connectivity index (χ0v) is 14.9. The van der Waals surface area contributed by atoms with Crippen LogP contribution in [0.15, 0.2) is 21.1 Å². The zero-order chi connectivity index (χ0) is 14.4. The minimum Gasteiger partial charge on any atom is -0.490 e. The predicted octanol–water partition coefficient (Wildman–Crippen LogP) is 3.58. The molecule has 0 radical (unpaired) electrons. The molecule has 1 aliphatic rings. The van der Waals surface area contributed by atoms with Crippen LogP contribution in [0.2, 0.25) is 0 Å². The van der Waals surface area contributed by atoms with Gasteiger partial charge in [-0.15, -0.1) is 0 Å². The van der Waals surface area contributed by atoms with E-state index in [-0.39, 0.29) is 0 Å². The molecule has 1 heterocycles. The van der Waals surface area contributed by atoms with Crippen LogP contribution in [0.5, 0.6) is 5.75 Å². The summed E-state index contributed by atoms with van der Waals surface area (Å²) in [5.41, 5.74) is 6.81. The minimum atomic E-state index is 0.661. The highest BCUT2D eigenvalue weighted by Crippen LogP contribution is 2.34. The van der Waals surface area contributed by atoms with Crippen LogP contribution in [0.1, 0.15) is 24.8 Å². The number of hydrogen-bond acceptors (Lipinski definition) is 3. The van der Waals surface area contributed by atoms with Crippen LogP contribution in [0.3, 0.4) is 0 Å². The number of nitrogens with zero attached hydrogens (tertiary/aromatic N) is 1. The van der Waals surface area contributed by atoms with E-state index in [2.05, 4.69) is 48.9 Å². The smallest absolute Gasteiger partial charge is 0.147 e. The van der Waals surface area contributed by atoms with Crippen LogP contribution in [0.4, 0.5) is 0 Å². The van der Waals surface area contributed by atoms with Gasteiger partial charge in [0.15, 0.2) is 0 Å². The Labute approximate surface area is 138 Å². The van der Waals surface area contributed by atoms with Gasteiger partial charge < -0.3 is 10.5 Å². The van der Waals surface area contributed by atoms with E-state index in [1.807, 2.05) is 0 Å². The van der Waals surface area contributed by atoms with E-state index in [1.165, 1.54) is 37.9 Å². The lowest BCUT2D eigenvalue weighted by atomic mass is 10.1. The standard InChI is InChI=1S/C15H22Br2N2O/c16-13-10-12(4-5-18)11-14(17)15(13)20-9-8-19-6-2-1-3-7-19/h10-11H,1-9,18H2. The van der Waals surface area contributed by atoms with E-state index in [1.54, 1.807) is 0 Å². The number of benzene rings is 1. The molecule has 0 aromatic heterocycles. The van der Waals surface area contributed by atoms with Crippen molar-refractivity contribution in [1.29, 1.82) is 0 Å². The molecule has 0 unspecified atom stereocenters. The molecule has 112 valence electrons. The van der Waals surface area contributed by atoms with E-state index in [0.29, 0.717) is 6.54 Å². The van der Waals surface area contributed by atoms with Gasteiger partial charge in [-0.3, -0.25) is 4.90 Å². The first kappa shape index (κ1) is 16.3. The molecule has 0 spiro atoms. The Morgan fingerprint density at radius 3 is 2.35 bits per heavy atom. The van der Waals surface area contributed by atoms with E-state index in [9.17, 15) is 0 Å². The Morgan fingerprint density at radius 1 is 1.10 bits per heavy atom. The summed E-state index contributed by atoms with van der Waals surface area (Å²) in [7, 11) is 0. The van der Waals surface area contributed by atoms with Crippen molar-refractivity contribution in [2.75, 3.05) is 32.8 Å². The maximum Gasteiger partial charge on any atom is 0.147 e. The van der Waals surface area contributed by atoms with Crippen LogP contribution in [-0.4, -0.2) is 37.7 Å². The molecule has 0 aliphatic carbocycles. The van der Waals surface area contributed by atoms with Gasteiger partial charge in [-0.05, 0) is 88.5 Å². The lowest BCUT2D eigenvalue weighted by Crippen LogP contribution is -2.33. The molecule has 3 nitrogen and oxygen atoms in total. The number of nitrogens with two attached hydrogens (primary N) is 1. The Morgan fingerprint density at radius 2 is 1.75 bits per heavy atom. The summed E-state index contributed by atoms with van der Waals surface area (Å²) in [4.78, 5) is 2.48. The summed E-state index contributed by atoms with van der Waals surface area (Å²) in [5.74, 6) is 0.891. The lowest BCUT2D eigenvalue weighted by Gasteiger charge is -2.26. The Kier molecular flexibility index (Phi) is 6.81. The molecule has 1 aromatic carbocycles. The van der Waals surface area contributed by atoms with Gasteiger partial charge in [0.2, 0.25) is 0 Å². The summed E-state index contributed by atoms with van der Waals surface area (Å²) in [5, 5.41) is 0. The third kappa shape index (κ3) is 4.72. The maximum absolute atomic E-state index is 5.94. The van der Waals surface area contributed by atoms with E-state index in [4.69, 9.17) is 10.5 Å². The Hall–Kier alpha value is -0.100. The van der Waals surface area contributed by atoms with Crippen LogP contribution >= 0.6 is 31.9 Å². The maximum atomic E-state index is 5.94. The van der Waals surface area contributed by atoms with E-state index >= 15 is 0 Å². The fourth-order valence-electron chi connectivity index (χ4n) is 2.52. The monoisotopic (exact) mass is 404 g/mol. The minimum absolute atomic E-state index is 0.661. The van der Waals surface area contributed by atoms with E-state index in [0.717, 1.165) is 34.3 Å². The zero-order valence-electron chi connectivity index (χ0n) is 11.7. The van der Waals surface area contributed by atoms with Gasteiger partial charge in [0.25, 0.3) is 0 Å². The highest BCUT2D eigenvalue weighted by molar-refractivity contribution is 9.11. The third-order valence-corrected chi connectivity index (χ3v) is 4.77. The van der Waals surface area contributed by atoms with E-state index < -0.39 is 0 Å². The molecule has 2 rings (SSSR count). The number of piperidine rings is 1. The Bertz CT molecular complexity index is 411. The quantitative estimate of drug-likeness (QED) is 0.785. The molecule has 1 saturated heterocycles. The average molecular weight is 406 g/mol. The summed E-state index contributed by atoms with van der Waals surface area (Å²) >= 11 is 7.17. The Balaban J connectivity index is 1.88. The fourth-order valence-corrected chi connectivity index (χ4v) is 4.03. The number of ether oxygens (including phenoxy) is 1. The molecule has 0 bridgehead atoms.